The van der Waals surface area contributed by atoms with E-state index in [1.165, 1.54) is 0 Å². The van der Waals surface area contributed by atoms with Gasteiger partial charge in [-0.1, -0.05) is 52.3 Å². The Morgan fingerprint density at radius 3 is 2.58 bits per heavy atom. The van der Waals surface area contributed by atoms with Crippen LogP contribution in [0.3, 0.4) is 0 Å². The zero-order chi connectivity index (χ0) is 16.9. The predicted molar refractivity (Wildman–Crippen MR) is 97.7 cm³/mol. The molecule has 126 valence electrons. The maximum Gasteiger partial charge on any atom is 0.266 e. The van der Waals surface area contributed by atoms with Gasteiger partial charge in [0.25, 0.3) is 5.91 Å². The number of carbonyl (C=O) groups excluding carboxylic acids is 1. The van der Waals surface area contributed by atoms with Gasteiger partial charge >= 0.3 is 0 Å². The fraction of sp³-hybridized carbons (Fsp3) is 0.316. The molecule has 1 fully saturated rings. The van der Waals surface area contributed by atoms with Crippen molar-refractivity contribution in [3.63, 3.8) is 0 Å². The fourth-order valence-electron chi connectivity index (χ4n) is 2.70. The van der Waals surface area contributed by atoms with E-state index in [1.807, 2.05) is 54.6 Å². The van der Waals surface area contributed by atoms with E-state index < -0.39 is 6.10 Å². The van der Waals surface area contributed by atoms with Gasteiger partial charge in [-0.15, -0.1) is 0 Å². The molecule has 5 heteroatoms. The lowest BCUT2D eigenvalue weighted by molar-refractivity contribution is -0.129. The van der Waals surface area contributed by atoms with Crippen LogP contribution in [0.5, 0.6) is 5.75 Å². The SMILES string of the molecule is NCC(NC(=O)C(Oc1cccc(Br)c1)c1ccccc1)C1CC1. The second-order valence-corrected chi connectivity index (χ2v) is 6.97. The molecule has 2 atom stereocenters. The van der Waals surface area contributed by atoms with Gasteiger partial charge in [-0.25, -0.2) is 0 Å². The number of hydrogen-bond donors (Lipinski definition) is 2. The molecule has 0 spiro atoms. The molecule has 0 bridgehead atoms. The summed E-state index contributed by atoms with van der Waals surface area (Å²) in [5, 5.41) is 3.06. The highest BCUT2D eigenvalue weighted by molar-refractivity contribution is 9.10. The number of halogens is 1. The Labute approximate surface area is 150 Å². The number of benzene rings is 2. The highest BCUT2D eigenvalue weighted by Crippen LogP contribution is 2.33. The van der Waals surface area contributed by atoms with Crippen LogP contribution in [0.1, 0.15) is 24.5 Å². The van der Waals surface area contributed by atoms with Crippen molar-refractivity contribution in [1.82, 2.24) is 5.32 Å². The number of rotatable bonds is 7. The molecule has 2 aromatic carbocycles. The van der Waals surface area contributed by atoms with E-state index in [0.29, 0.717) is 18.2 Å². The van der Waals surface area contributed by atoms with E-state index >= 15 is 0 Å². The van der Waals surface area contributed by atoms with Crippen molar-refractivity contribution in [2.45, 2.75) is 25.0 Å². The molecule has 2 aromatic rings. The average Bonchev–Trinajstić information content (AvgIpc) is 3.43. The van der Waals surface area contributed by atoms with E-state index in [0.717, 1.165) is 22.9 Å². The van der Waals surface area contributed by atoms with Crippen molar-refractivity contribution in [3.8, 4) is 5.75 Å². The summed E-state index contributed by atoms with van der Waals surface area (Å²) in [6.07, 6.45) is 1.56. The minimum atomic E-state index is -0.701. The van der Waals surface area contributed by atoms with Crippen LogP contribution in [-0.2, 0) is 4.79 Å². The molecule has 2 unspecified atom stereocenters. The number of nitrogens with two attached hydrogens (primary N) is 1. The van der Waals surface area contributed by atoms with Crippen LogP contribution in [0.15, 0.2) is 59.1 Å². The third-order valence-corrected chi connectivity index (χ3v) is 4.66. The molecular weight excluding hydrogens is 368 g/mol. The first-order chi connectivity index (χ1) is 11.7. The Kier molecular flexibility index (Phi) is 5.53. The number of carbonyl (C=O) groups is 1. The van der Waals surface area contributed by atoms with Crippen LogP contribution in [0, 0.1) is 5.92 Å². The Balaban J connectivity index is 1.80. The van der Waals surface area contributed by atoms with Gasteiger partial charge in [0.1, 0.15) is 5.75 Å². The number of nitrogens with one attached hydrogen (secondary N) is 1. The Morgan fingerprint density at radius 2 is 1.96 bits per heavy atom. The number of ether oxygens (including phenoxy) is 1. The van der Waals surface area contributed by atoms with Crippen LogP contribution in [0.2, 0.25) is 0 Å². The van der Waals surface area contributed by atoms with Gasteiger partial charge in [0.15, 0.2) is 0 Å². The first kappa shape index (κ1) is 17.0. The zero-order valence-electron chi connectivity index (χ0n) is 13.3. The molecule has 0 heterocycles. The Hall–Kier alpha value is -1.85. The minimum Gasteiger partial charge on any atom is -0.476 e. The summed E-state index contributed by atoms with van der Waals surface area (Å²) in [6, 6.07) is 17.0. The van der Waals surface area contributed by atoms with Crippen LogP contribution in [0.4, 0.5) is 0 Å². The molecule has 1 saturated carbocycles. The third kappa shape index (κ3) is 4.36. The van der Waals surface area contributed by atoms with Gasteiger partial charge in [0.2, 0.25) is 6.10 Å². The monoisotopic (exact) mass is 388 g/mol. The largest absolute Gasteiger partial charge is 0.476 e. The summed E-state index contributed by atoms with van der Waals surface area (Å²) in [7, 11) is 0. The van der Waals surface area contributed by atoms with E-state index in [4.69, 9.17) is 10.5 Å². The van der Waals surface area contributed by atoms with E-state index in [-0.39, 0.29) is 11.9 Å². The van der Waals surface area contributed by atoms with Crippen LogP contribution in [-0.4, -0.2) is 18.5 Å². The summed E-state index contributed by atoms with van der Waals surface area (Å²) in [5.74, 6) is 0.994. The van der Waals surface area contributed by atoms with Gasteiger partial charge in [-0.3, -0.25) is 4.79 Å². The Morgan fingerprint density at radius 1 is 1.21 bits per heavy atom. The summed E-state index contributed by atoms with van der Waals surface area (Å²) in [5.41, 5.74) is 6.63. The standard InChI is InChI=1S/C19H21BrN2O2/c20-15-7-4-8-16(11-15)24-18(14-5-2-1-3-6-14)19(23)22-17(12-21)13-9-10-13/h1-8,11,13,17-18H,9-10,12,21H2,(H,22,23). The maximum atomic E-state index is 12.8. The van der Waals surface area contributed by atoms with Crippen LogP contribution >= 0.6 is 15.9 Å². The number of hydrogen-bond acceptors (Lipinski definition) is 3. The highest BCUT2D eigenvalue weighted by Gasteiger charge is 2.33. The van der Waals surface area contributed by atoms with Crippen molar-refractivity contribution < 1.29 is 9.53 Å². The molecule has 3 N–H and O–H groups in total. The quantitative estimate of drug-likeness (QED) is 0.763. The minimum absolute atomic E-state index is 0.0230. The molecular formula is C19H21BrN2O2. The molecule has 0 aromatic heterocycles. The summed E-state index contributed by atoms with van der Waals surface area (Å²) >= 11 is 3.43. The molecule has 24 heavy (non-hydrogen) atoms. The topological polar surface area (TPSA) is 64.3 Å². The van der Waals surface area contributed by atoms with E-state index in [9.17, 15) is 4.79 Å². The second-order valence-electron chi connectivity index (χ2n) is 6.05. The van der Waals surface area contributed by atoms with Gasteiger partial charge in [-0.05, 0) is 37.0 Å². The predicted octanol–water partition coefficient (Wildman–Crippen LogP) is 3.42. The fourth-order valence-corrected chi connectivity index (χ4v) is 3.08. The average molecular weight is 389 g/mol. The highest BCUT2D eigenvalue weighted by atomic mass is 79.9. The summed E-state index contributed by atoms with van der Waals surface area (Å²) in [6.45, 7) is 0.453. The lowest BCUT2D eigenvalue weighted by Crippen LogP contribution is -2.44. The molecule has 0 saturated heterocycles. The van der Waals surface area contributed by atoms with E-state index in [2.05, 4.69) is 21.2 Å². The molecule has 3 rings (SSSR count). The smallest absolute Gasteiger partial charge is 0.266 e. The molecule has 1 aliphatic carbocycles. The summed E-state index contributed by atoms with van der Waals surface area (Å²) in [4.78, 5) is 12.8. The summed E-state index contributed by atoms with van der Waals surface area (Å²) < 4.78 is 6.91. The first-order valence-corrected chi connectivity index (χ1v) is 8.94. The second kappa shape index (κ2) is 7.81. The lowest BCUT2D eigenvalue weighted by Gasteiger charge is -2.23. The third-order valence-electron chi connectivity index (χ3n) is 4.16. The van der Waals surface area contributed by atoms with Gasteiger partial charge in [0, 0.05) is 22.6 Å². The first-order valence-electron chi connectivity index (χ1n) is 8.15. The van der Waals surface area contributed by atoms with Crippen molar-refractivity contribution >= 4 is 21.8 Å². The molecule has 4 nitrogen and oxygen atoms in total. The lowest BCUT2D eigenvalue weighted by atomic mass is 10.1. The van der Waals surface area contributed by atoms with Crippen molar-refractivity contribution in [2.24, 2.45) is 11.7 Å². The molecule has 0 aliphatic heterocycles. The van der Waals surface area contributed by atoms with Gasteiger partial charge in [0.05, 0.1) is 0 Å². The molecule has 1 amide bonds. The van der Waals surface area contributed by atoms with Gasteiger partial charge < -0.3 is 15.8 Å². The zero-order valence-corrected chi connectivity index (χ0v) is 14.9. The molecule has 0 radical (unpaired) electrons. The van der Waals surface area contributed by atoms with Crippen LogP contribution < -0.4 is 15.8 Å². The van der Waals surface area contributed by atoms with Gasteiger partial charge in [-0.2, -0.15) is 0 Å². The number of amides is 1. The van der Waals surface area contributed by atoms with Crippen molar-refractivity contribution in [3.05, 3.63) is 64.6 Å². The Bertz CT molecular complexity index is 689. The normalized spacial score (nSPS) is 16.2. The maximum absolute atomic E-state index is 12.8. The molecule has 1 aliphatic rings. The van der Waals surface area contributed by atoms with E-state index in [1.54, 1.807) is 0 Å². The van der Waals surface area contributed by atoms with Crippen molar-refractivity contribution in [1.29, 1.82) is 0 Å². The van der Waals surface area contributed by atoms with Crippen molar-refractivity contribution in [2.75, 3.05) is 6.54 Å². The van der Waals surface area contributed by atoms with Crippen LogP contribution in [0.25, 0.3) is 0 Å².